The van der Waals surface area contributed by atoms with Crippen molar-refractivity contribution in [3.63, 3.8) is 0 Å². The van der Waals surface area contributed by atoms with Gasteiger partial charge in [0.1, 0.15) is 0 Å². The van der Waals surface area contributed by atoms with Gasteiger partial charge in [-0.25, -0.2) is 0 Å². The highest BCUT2D eigenvalue weighted by Gasteiger charge is 1.90. The van der Waals surface area contributed by atoms with Gasteiger partial charge >= 0.3 is 0 Å². The van der Waals surface area contributed by atoms with Gasteiger partial charge in [0.15, 0.2) is 0 Å². The van der Waals surface area contributed by atoms with E-state index in [9.17, 15) is 4.79 Å². The summed E-state index contributed by atoms with van der Waals surface area (Å²) < 4.78 is 0. The molecule has 0 heterocycles. The van der Waals surface area contributed by atoms with Gasteiger partial charge in [-0.15, -0.1) is 0 Å². The first-order chi connectivity index (χ1) is 6.52. The molecule has 0 bridgehead atoms. The van der Waals surface area contributed by atoms with Crippen molar-refractivity contribution in [1.29, 1.82) is 0 Å². The Morgan fingerprint density at radius 1 is 1.14 bits per heavy atom. The average molecular weight is 195 g/mol. The summed E-state index contributed by atoms with van der Waals surface area (Å²) in [6.45, 7) is 8.50. The summed E-state index contributed by atoms with van der Waals surface area (Å²) in [5.41, 5.74) is 2.69. The zero-order valence-corrected chi connectivity index (χ0v) is 9.68. The predicted octanol–water partition coefficient (Wildman–Crippen LogP) is 2.82. The summed E-state index contributed by atoms with van der Waals surface area (Å²) in [5, 5.41) is 2.74. The van der Waals surface area contributed by atoms with Crippen LogP contribution in [-0.4, -0.2) is 12.5 Å². The van der Waals surface area contributed by atoms with Crippen LogP contribution < -0.4 is 5.32 Å². The fourth-order valence-electron chi connectivity index (χ4n) is 1.06. The molecule has 0 spiro atoms. The smallest absolute Gasteiger partial charge is 0.217 e. The Hall–Kier alpha value is -1.05. The maximum absolute atomic E-state index is 10.6. The molecule has 0 saturated heterocycles. The number of nitrogens with one attached hydrogen (secondary N) is 1. The Bertz CT molecular complexity index is 235. The minimum absolute atomic E-state index is 0.0262. The van der Waals surface area contributed by atoms with Gasteiger partial charge in [-0.3, -0.25) is 4.79 Å². The van der Waals surface area contributed by atoms with Crippen molar-refractivity contribution in [3.8, 4) is 0 Å². The molecule has 0 atom stereocenters. The summed E-state index contributed by atoms with van der Waals surface area (Å²) in [6, 6.07) is 0. The largest absolute Gasteiger partial charge is 0.353 e. The summed E-state index contributed by atoms with van der Waals surface area (Å²) in [5.74, 6) is 0.0262. The Morgan fingerprint density at radius 2 is 1.79 bits per heavy atom. The molecule has 0 unspecified atom stereocenters. The van der Waals surface area contributed by atoms with E-state index in [0.29, 0.717) is 6.54 Å². The molecule has 0 aliphatic carbocycles. The van der Waals surface area contributed by atoms with Gasteiger partial charge < -0.3 is 5.32 Å². The monoisotopic (exact) mass is 195 g/mol. The van der Waals surface area contributed by atoms with E-state index >= 15 is 0 Å². The van der Waals surface area contributed by atoms with Crippen molar-refractivity contribution < 1.29 is 4.79 Å². The van der Waals surface area contributed by atoms with Crippen molar-refractivity contribution in [2.75, 3.05) is 6.54 Å². The van der Waals surface area contributed by atoms with E-state index in [4.69, 9.17) is 0 Å². The highest BCUT2D eigenvalue weighted by molar-refractivity contribution is 5.72. The van der Waals surface area contributed by atoms with Crippen LogP contribution in [0.1, 0.15) is 40.5 Å². The van der Waals surface area contributed by atoms with Crippen molar-refractivity contribution in [2.24, 2.45) is 0 Å². The lowest BCUT2D eigenvalue weighted by molar-refractivity contribution is -0.118. The standard InChI is InChI=1S/C12H21NO/c1-10(2)6-5-7-11(3)8-9-13-12(4)14/h6,8H,5,7,9H2,1-4H3,(H,13,14)/b11-8+. The number of carbonyl (C=O) groups excluding carboxylic acids is 1. The fraction of sp³-hybridized carbons (Fsp3) is 0.583. The number of hydrogen-bond acceptors (Lipinski definition) is 1. The van der Waals surface area contributed by atoms with Crippen LogP contribution in [0.25, 0.3) is 0 Å². The molecule has 1 amide bonds. The van der Waals surface area contributed by atoms with Gasteiger partial charge in [0, 0.05) is 13.5 Å². The van der Waals surface area contributed by atoms with Gasteiger partial charge in [-0.1, -0.05) is 23.3 Å². The quantitative estimate of drug-likeness (QED) is 0.671. The van der Waals surface area contributed by atoms with E-state index in [2.05, 4.69) is 38.2 Å². The number of rotatable bonds is 5. The number of hydrogen-bond donors (Lipinski definition) is 1. The molecule has 1 N–H and O–H groups in total. The molecule has 0 aromatic carbocycles. The molecule has 0 radical (unpaired) electrons. The molecule has 0 aliphatic rings. The van der Waals surface area contributed by atoms with E-state index in [1.54, 1.807) is 0 Å². The van der Waals surface area contributed by atoms with Crippen LogP contribution in [0.15, 0.2) is 23.3 Å². The molecule has 80 valence electrons. The first-order valence-electron chi connectivity index (χ1n) is 5.06. The van der Waals surface area contributed by atoms with E-state index in [-0.39, 0.29) is 5.91 Å². The molecule has 14 heavy (non-hydrogen) atoms. The van der Waals surface area contributed by atoms with Crippen LogP contribution in [0.3, 0.4) is 0 Å². The van der Waals surface area contributed by atoms with Gasteiger partial charge in [-0.2, -0.15) is 0 Å². The fourth-order valence-corrected chi connectivity index (χ4v) is 1.06. The van der Waals surface area contributed by atoms with Gasteiger partial charge in [-0.05, 0) is 33.6 Å². The van der Waals surface area contributed by atoms with Crippen LogP contribution >= 0.6 is 0 Å². The first kappa shape index (κ1) is 12.9. The molecule has 2 heteroatoms. The first-order valence-corrected chi connectivity index (χ1v) is 5.06. The minimum Gasteiger partial charge on any atom is -0.353 e. The molecule has 0 saturated carbocycles. The normalized spacial score (nSPS) is 11.0. The lowest BCUT2D eigenvalue weighted by Crippen LogP contribution is -2.19. The Labute approximate surface area is 87.1 Å². The van der Waals surface area contributed by atoms with Crippen LogP contribution in [0.5, 0.6) is 0 Å². The molecule has 0 rings (SSSR count). The van der Waals surface area contributed by atoms with Crippen molar-refractivity contribution in [2.45, 2.75) is 40.5 Å². The Morgan fingerprint density at radius 3 is 2.29 bits per heavy atom. The topological polar surface area (TPSA) is 29.1 Å². The van der Waals surface area contributed by atoms with E-state index in [0.717, 1.165) is 12.8 Å². The number of carbonyl (C=O) groups is 1. The molecule has 0 fully saturated rings. The van der Waals surface area contributed by atoms with E-state index < -0.39 is 0 Å². The third-order valence-electron chi connectivity index (χ3n) is 1.89. The van der Waals surface area contributed by atoms with Gasteiger partial charge in [0.05, 0.1) is 0 Å². The second-order valence-corrected chi connectivity index (χ2v) is 3.81. The average Bonchev–Trinajstić information content (AvgIpc) is 2.02. The summed E-state index contributed by atoms with van der Waals surface area (Å²) in [4.78, 5) is 10.6. The highest BCUT2D eigenvalue weighted by atomic mass is 16.1. The van der Waals surface area contributed by atoms with Crippen molar-refractivity contribution in [3.05, 3.63) is 23.3 Å². The molecule has 2 nitrogen and oxygen atoms in total. The second-order valence-electron chi connectivity index (χ2n) is 3.81. The Kier molecular flexibility index (Phi) is 6.81. The van der Waals surface area contributed by atoms with Gasteiger partial charge in [0.2, 0.25) is 5.91 Å². The third kappa shape index (κ3) is 9.04. The summed E-state index contributed by atoms with van der Waals surface area (Å²) in [7, 11) is 0. The highest BCUT2D eigenvalue weighted by Crippen LogP contribution is 2.05. The van der Waals surface area contributed by atoms with Crippen molar-refractivity contribution >= 4 is 5.91 Å². The van der Waals surface area contributed by atoms with E-state index in [1.165, 1.54) is 18.1 Å². The Balaban J connectivity index is 3.67. The summed E-state index contributed by atoms with van der Waals surface area (Å²) >= 11 is 0. The van der Waals surface area contributed by atoms with Crippen LogP contribution in [-0.2, 0) is 4.79 Å². The van der Waals surface area contributed by atoms with Gasteiger partial charge in [0.25, 0.3) is 0 Å². The van der Waals surface area contributed by atoms with Crippen LogP contribution in [0.4, 0.5) is 0 Å². The molecular formula is C12H21NO. The second kappa shape index (κ2) is 7.36. The maximum atomic E-state index is 10.6. The third-order valence-corrected chi connectivity index (χ3v) is 1.89. The van der Waals surface area contributed by atoms with Crippen LogP contribution in [0, 0.1) is 0 Å². The number of allylic oxidation sites excluding steroid dienone is 3. The van der Waals surface area contributed by atoms with Crippen LogP contribution in [0.2, 0.25) is 0 Å². The maximum Gasteiger partial charge on any atom is 0.217 e. The molecular weight excluding hydrogens is 174 g/mol. The molecule has 0 aliphatic heterocycles. The zero-order valence-electron chi connectivity index (χ0n) is 9.68. The molecule has 0 aromatic heterocycles. The lowest BCUT2D eigenvalue weighted by atomic mass is 10.1. The zero-order chi connectivity index (χ0) is 11.0. The SMILES string of the molecule is CC(=O)NC/C=C(\C)CCC=C(C)C. The lowest BCUT2D eigenvalue weighted by Gasteiger charge is -2.00. The summed E-state index contributed by atoms with van der Waals surface area (Å²) in [6.07, 6.45) is 6.46. The molecule has 0 aromatic rings. The van der Waals surface area contributed by atoms with Crippen molar-refractivity contribution in [1.82, 2.24) is 5.32 Å². The number of amides is 1. The predicted molar refractivity (Wildman–Crippen MR) is 61.1 cm³/mol. The minimum atomic E-state index is 0.0262. The van der Waals surface area contributed by atoms with E-state index in [1.807, 2.05) is 0 Å².